The summed E-state index contributed by atoms with van der Waals surface area (Å²) in [5.74, 6) is 0. The molecule has 0 radical (unpaired) electrons. The third-order valence-electron chi connectivity index (χ3n) is 1.68. The SMILES string of the molecule is C=CC(COC)n1cc(C)cn1. The first-order valence-electron chi connectivity index (χ1n) is 3.90. The van der Waals surface area contributed by atoms with Crippen LogP contribution >= 0.6 is 0 Å². The minimum absolute atomic E-state index is 0.142. The summed E-state index contributed by atoms with van der Waals surface area (Å²) in [7, 11) is 1.67. The van der Waals surface area contributed by atoms with E-state index < -0.39 is 0 Å². The van der Waals surface area contributed by atoms with E-state index in [-0.39, 0.29) is 6.04 Å². The number of ether oxygens (including phenoxy) is 1. The van der Waals surface area contributed by atoms with E-state index in [1.54, 1.807) is 7.11 Å². The normalized spacial score (nSPS) is 12.8. The second kappa shape index (κ2) is 4.07. The molecule has 3 nitrogen and oxygen atoms in total. The summed E-state index contributed by atoms with van der Waals surface area (Å²) in [4.78, 5) is 0. The molecule has 0 N–H and O–H groups in total. The van der Waals surface area contributed by atoms with Crippen molar-refractivity contribution in [1.82, 2.24) is 9.78 Å². The number of nitrogens with zero attached hydrogens (tertiary/aromatic N) is 2. The van der Waals surface area contributed by atoms with Gasteiger partial charge in [0.15, 0.2) is 0 Å². The highest BCUT2D eigenvalue weighted by molar-refractivity contribution is 5.02. The fraction of sp³-hybridized carbons (Fsp3) is 0.444. The van der Waals surface area contributed by atoms with E-state index in [1.807, 2.05) is 30.1 Å². The van der Waals surface area contributed by atoms with Crippen LogP contribution in [0.5, 0.6) is 0 Å². The Kier molecular flexibility index (Phi) is 3.05. The van der Waals surface area contributed by atoms with Crippen LogP contribution in [0.3, 0.4) is 0 Å². The molecular formula is C9H14N2O. The molecule has 1 unspecified atom stereocenters. The first-order valence-corrected chi connectivity index (χ1v) is 3.90. The molecule has 0 aromatic carbocycles. The Labute approximate surface area is 72.7 Å². The van der Waals surface area contributed by atoms with Crippen molar-refractivity contribution in [3.63, 3.8) is 0 Å². The second-order valence-corrected chi connectivity index (χ2v) is 2.76. The molecule has 0 saturated heterocycles. The van der Waals surface area contributed by atoms with E-state index in [2.05, 4.69) is 11.7 Å². The molecular weight excluding hydrogens is 152 g/mol. The molecule has 12 heavy (non-hydrogen) atoms. The topological polar surface area (TPSA) is 27.1 Å². The van der Waals surface area contributed by atoms with E-state index in [9.17, 15) is 0 Å². The predicted octanol–water partition coefficient (Wildman–Crippen LogP) is 1.57. The van der Waals surface area contributed by atoms with Crippen molar-refractivity contribution >= 4 is 0 Å². The number of hydrogen-bond acceptors (Lipinski definition) is 2. The zero-order valence-corrected chi connectivity index (χ0v) is 7.53. The van der Waals surface area contributed by atoms with E-state index in [1.165, 1.54) is 0 Å². The highest BCUT2D eigenvalue weighted by Crippen LogP contribution is 2.07. The van der Waals surface area contributed by atoms with Crippen LogP contribution in [0.1, 0.15) is 11.6 Å². The molecule has 0 aliphatic heterocycles. The zero-order chi connectivity index (χ0) is 8.97. The van der Waals surface area contributed by atoms with Crippen LogP contribution in [0.4, 0.5) is 0 Å². The second-order valence-electron chi connectivity index (χ2n) is 2.76. The number of aromatic nitrogens is 2. The van der Waals surface area contributed by atoms with Gasteiger partial charge in [0, 0.05) is 13.3 Å². The molecule has 1 heterocycles. The Balaban J connectivity index is 2.72. The highest BCUT2D eigenvalue weighted by Gasteiger charge is 2.05. The lowest BCUT2D eigenvalue weighted by Gasteiger charge is -2.10. The Bertz CT molecular complexity index is 255. The van der Waals surface area contributed by atoms with Gasteiger partial charge in [0.25, 0.3) is 0 Å². The van der Waals surface area contributed by atoms with Crippen molar-refractivity contribution in [2.75, 3.05) is 13.7 Å². The van der Waals surface area contributed by atoms with Crippen LogP contribution in [-0.2, 0) is 4.74 Å². The molecule has 1 aromatic rings. The molecule has 0 fully saturated rings. The Morgan fingerprint density at radius 1 is 1.83 bits per heavy atom. The van der Waals surface area contributed by atoms with Crippen LogP contribution in [0, 0.1) is 6.92 Å². The smallest absolute Gasteiger partial charge is 0.0930 e. The monoisotopic (exact) mass is 166 g/mol. The Morgan fingerprint density at radius 2 is 2.58 bits per heavy atom. The molecule has 0 spiro atoms. The van der Waals surface area contributed by atoms with Crippen LogP contribution in [-0.4, -0.2) is 23.5 Å². The van der Waals surface area contributed by atoms with Gasteiger partial charge in [0.2, 0.25) is 0 Å². The molecule has 1 aromatic heterocycles. The van der Waals surface area contributed by atoms with Crippen molar-refractivity contribution in [2.45, 2.75) is 13.0 Å². The zero-order valence-electron chi connectivity index (χ0n) is 7.53. The van der Waals surface area contributed by atoms with Gasteiger partial charge in [-0.15, -0.1) is 6.58 Å². The maximum Gasteiger partial charge on any atom is 0.0930 e. The van der Waals surface area contributed by atoms with Crippen LogP contribution in [0.2, 0.25) is 0 Å². The fourth-order valence-corrected chi connectivity index (χ4v) is 1.04. The van der Waals surface area contributed by atoms with E-state index in [0.29, 0.717) is 6.61 Å². The summed E-state index contributed by atoms with van der Waals surface area (Å²) >= 11 is 0. The Morgan fingerprint density at radius 3 is 3.00 bits per heavy atom. The van der Waals surface area contributed by atoms with Crippen molar-refractivity contribution in [3.05, 3.63) is 30.6 Å². The van der Waals surface area contributed by atoms with Crippen LogP contribution < -0.4 is 0 Å². The maximum atomic E-state index is 5.03. The van der Waals surface area contributed by atoms with Crippen molar-refractivity contribution in [1.29, 1.82) is 0 Å². The van der Waals surface area contributed by atoms with Gasteiger partial charge in [-0.1, -0.05) is 6.08 Å². The summed E-state index contributed by atoms with van der Waals surface area (Å²) in [6.07, 6.45) is 5.63. The predicted molar refractivity (Wildman–Crippen MR) is 48.1 cm³/mol. The molecule has 1 atom stereocenters. The lowest BCUT2D eigenvalue weighted by atomic mass is 10.3. The van der Waals surface area contributed by atoms with Gasteiger partial charge in [-0.2, -0.15) is 5.10 Å². The average Bonchev–Trinajstić information content (AvgIpc) is 2.47. The van der Waals surface area contributed by atoms with Crippen molar-refractivity contribution < 1.29 is 4.74 Å². The third-order valence-corrected chi connectivity index (χ3v) is 1.68. The third kappa shape index (κ3) is 1.95. The van der Waals surface area contributed by atoms with Gasteiger partial charge in [-0.05, 0) is 12.5 Å². The summed E-state index contributed by atoms with van der Waals surface area (Å²) in [6.45, 7) is 6.35. The van der Waals surface area contributed by atoms with Gasteiger partial charge in [-0.3, -0.25) is 4.68 Å². The average molecular weight is 166 g/mol. The number of rotatable bonds is 4. The van der Waals surface area contributed by atoms with E-state index in [4.69, 9.17) is 4.74 Å². The number of methoxy groups -OCH3 is 1. The summed E-state index contributed by atoms with van der Waals surface area (Å²) in [5, 5.41) is 4.17. The van der Waals surface area contributed by atoms with E-state index >= 15 is 0 Å². The molecule has 0 aliphatic rings. The van der Waals surface area contributed by atoms with E-state index in [0.717, 1.165) is 5.56 Å². The highest BCUT2D eigenvalue weighted by atomic mass is 16.5. The number of aryl methyl sites for hydroxylation is 1. The van der Waals surface area contributed by atoms with Gasteiger partial charge in [-0.25, -0.2) is 0 Å². The van der Waals surface area contributed by atoms with Crippen LogP contribution in [0.15, 0.2) is 25.0 Å². The molecule has 0 bridgehead atoms. The largest absolute Gasteiger partial charge is 0.382 e. The van der Waals surface area contributed by atoms with Gasteiger partial charge >= 0.3 is 0 Å². The molecule has 0 saturated carbocycles. The number of hydrogen-bond donors (Lipinski definition) is 0. The van der Waals surface area contributed by atoms with Crippen molar-refractivity contribution in [3.8, 4) is 0 Å². The van der Waals surface area contributed by atoms with Gasteiger partial charge < -0.3 is 4.74 Å². The molecule has 0 amide bonds. The minimum Gasteiger partial charge on any atom is -0.382 e. The van der Waals surface area contributed by atoms with Crippen molar-refractivity contribution in [2.24, 2.45) is 0 Å². The summed E-state index contributed by atoms with van der Waals surface area (Å²) < 4.78 is 6.88. The lowest BCUT2D eigenvalue weighted by Crippen LogP contribution is -2.12. The fourth-order valence-electron chi connectivity index (χ4n) is 1.04. The lowest BCUT2D eigenvalue weighted by molar-refractivity contribution is 0.167. The van der Waals surface area contributed by atoms with Gasteiger partial charge in [0.05, 0.1) is 18.8 Å². The molecule has 3 heteroatoms. The van der Waals surface area contributed by atoms with Gasteiger partial charge in [0.1, 0.15) is 0 Å². The first kappa shape index (κ1) is 9.00. The molecule has 0 aliphatic carbocycles. The maximum absolute atomic E-state index is 5.03. The van der Waals surface area contributed by atoms with Crippen LogP contribution in [0.25, 0.3) is 0 Å². The summed E-state index contributed by atoms with van der Waals surface area (Å²) in [6, 6.07) is 0.142. The minimum atomic E-state index is 0.142. The molecule has 1 rings (SSSR count). The quantitative estimate of drug-likeness (QED) is 0.635. The Hall–Kier alpha value is -1.09. The first-order chi connectivity index (χ1) is 5.77. The molecule has 66 valence electrons. The standard InChI is InChI=1S/C9H14N2O/c1-4-9(7-12-3)11-6-8(2)5-10-11/h4-6,9H,1,7H2,2-3H3. The summed E-state index contributed by atoms with van der Waals surface area (Å²) in [5.41, 5.74) is 1.15.